The highest BCUT2D eigenvalue weighted by Crippen LogP contribution is 2.39. The molecule has 2 aliphatic carbocycles. The molecule has 2 aliphatic rings. The maximum atomic E-state index is 13.4. The van der Waals surface area contributed by atoms with E-state index in [1.807, 2.05) is 12.1 Å². The summed E-state index contributed by atoms with van der Waals surface area (Å²) in [6, 6.07) is 14.0. The minimum atomic E-state index is -0.310. The van der Waals surface area contributed by atoms with E-state index in [9.17, 15) is 9.59 Å². The highest BCUT2D eigenvalue weighted by molar-refractivity contribution is 6.41. The first-order valence-corrected chi connectivity index (χ1v) is 16.1. The maximum absolute atomic E-state index is 13.4. The van der Waals surface area contributed by atoms with E-state index in [2.05, 4.69) is 121 Å². The van der Waals surface area contributed by atoms with Crippen molar-refractivity contribution < 1.29 is 9.59 Å². The van der Waals surface area contributed by atoms with Crippen LogP contribution in [0.2, 0.25) is 0 Å². The molecule has 0 aromatic heterocycles. The van der Waals surface area contributed by atoms with Crippen LogP contribution in [0.15, 0.2) is 127 Å². The summed E-state index contributed by atoms with van der Waals surface area (Å²) in [7, 11) is 0. The number of benzene rings is 3. The van der Waals surface area contributed by atoms with Gasteiger partial charge in [-0.3, -0.25) is 9.59 Å². The number of Topliss-reactive ketones (excluding diaryl/α,β-unsaturated/α-hetero) is 2. The predicted molar refractivity (Wildman–Crippen MR) is 201 cm³/mol. The molecule has 0 saturated heterocycles. The Bertz CT molecular complexity index is 1980. The van der Waals surface area contributed by atoms with Crippen LogP contribution in [-0.4, -0.2) is 11.6 Å². The van der Waals surface area contributed by atoms with Gasteiger partial charge >= 0.3 is 0 Å². The largest absolute Gasteiger partial charge is 0.405 e. The number of hydrogen-bond donors (Lipinski definition) is 1. The SMILES string of the molecule is C=Cc1cc2c(cc1C=C)C(=O)C(=Cc1ccc3cc4c(cc3c1)C(C)(C)C(=C\C=C/C(=C\C=C\N)C(C)(C)CC)/C=C\C=C/4)C2=O. The molecule has 0 amide bonds. The van der Waals surface area contributed by atoms with Crippen molar-refractivity contribution in [1.29, 1.82) is 0 Å². The molecule has 0 radical (unpaired) electrons. The van der Waals surface area contributed by atoms with Crippen LogP contribution in [0, 0.1) is 5.41 Å². The average Bonchev–Trinajstić information content (AvgIpc) is 3.28. The van der Waals surface area contributed by atoms with E-state index in [0.29, 0.717) is 11.1 Å². The fourth-order valence-corrected chi connectivity index (χ4v) is 6.23. The van der Waals surface area contributed by atoms with Crippen LogP contribution in [0.3, 0.4) is 0 Å². The fraction of sp³-hybridized carbons (Fsp3) is 0.182. The summed E-state index contributed by atoms with van der Waals surface area (Å²) in [6.07, 6.45) is 26.6. The Hall–Kier alpha value is -5.28. The minimum absolute atomic E-state index is 0.0155. The molecule has 0 bridgehead atoms. The van der Waals surface area contributed by atoms with Crippen LogP contribution >= 0.6 is 0 Å². The predicted octanol–water partition coefficient (Wildman–Crippen LogP) is 10.8. The molecule has 0 spiro atoms. The van der Waals surface area contributed by atoms with Gasteiger partial charge in [0.1, 0.15) is 0 Å². The van der Waals surface area contributed by atoms with Crippen LogP contribution < -0.4 is 5.73 Å². The van der Waals surface area contributed by atoms with Crippen molar-refractivity contribution in [3.63, 3.8) is 0 Å². The summed E-state index contributed by atoms with van der Waals surface area (Å²) in [5.41, 5.74) is 13.5. The number of hydrogen-bond acceptors (Lipinski definition) is 3. The second kappa shape index (κ2) is 13.2. The molecule has 3 aromatic carbocycles. The summed E-state index contributed by atoms with van der Waals surface area (Å²) in [4.78, 5) is 26.8. The molecular formula is C44H43NO2. The van der Waals surface area contributed by atoms with Gasteiger partial charge in [-0.25, -0.2) is 0 Å². The second-order valence-corrected chi connectivity index (χ2v) is 13.3. The van der Waals surface area contributed by atoms with E-state index in [-0.39, 0.29) is 28.0 Å². The smallest absolute Gasteiger partial charge is 0.197 e. The first-order chi connectivity index (χ1) is 22.4. The van der Waals surface area contributed by atoms with E-state index < -0.39 is 0 Å². The van der Waals surface area contributed by atoms with Gasteiger partial charge in [0.25, 0.3) is 0 Å². The summed E-state index contributed by atoms with van der Waals surface area (Å²) < 4.78 is 0. The van der Waals surface area contributed by atoms with Gasteiger partial charge in [0.05, 0.1) is 5.57 Å². The third-order valence-electron chi connectivity index (χ3n) is 9.65. The molecule has 0 unspecified atom stereocenters. The Morgan fingerprint density at radius 3 is 2.15 bits per heavy atom. The standard InChI is InChI=1S/C44H43NO2/c1-8-30-26-37-38(27-31(30)9-2)42(47)39(41(37)46)24-29-20-21-32-25-33-15-11-12-16-36(44(6,7)40(33)28-34(32)23-29)18-13-17-35(19-14-22-45)43(4,5)10-3/h8-9,11-28H,1-2,10,45H2,3-7H3/b15-11-,16-12-,17-13-,22-14+,35-19+,36-18-. The Morgan fingerprint density at radius 1 is 0.872 bits per heavy atom. The summed E-state index contributed by atoms with van der Waals surface area (Å²) in [5, 5.41) is 2.13. The molecule has 2 N–H and O–H groups in total. The lowest BCUT2D eigenvalue weighted by molar-refractivity contribution is 0.0990. The lowest BCUT2D eigenvalue weighted by atomic mass is 9.73. The molecular weight excluding hydrogens is 574 g/mol. The minimum Gasteiger partial charge on any atom is -0.405 e. The molecule has 3 nitrogen and oxygen atoms in total. The van der Waals surface area contributed by atoms with Gasteiger partial charge in [0.2, 0.25) is 0 Å². The van der Waals surface area contributed by atoms with Gasteiger partial charge in [-0.1, -0.05) is 121 Å². The van der Waals surface area contributed by atoms with E-state index in [0.717, 1.165) is 39.4 Å². The monoisotopic (exact) mass is 617 g/mol. The van der Waals surface area contributed by atoms with Crippen molar-refractivity contribution in [3.8, 4) is 0 Å². The quantitative estimate of drug-likeness (QED) is 0.155. The van der Waals surface area contributed by atoms with Crippen molar-refractivity contribution in [2.75, 3.05) is 0 Å². The highest BCUT2D eigenvalue weighted by atomic mass is 16.2. The van der Waals surface area contributed by atoms with Crippen molar-refractivity contribution in [2.24, 2.45) is 11.1 Å². The van der Waals surface area contributed by atoms with Gasteiger partial charge in [0, 0.05) is 16.5 Å². The number of fused-ring (bicyclic) bond motifs is 3. The lowest BCUT2D eigenvalue weighted by Crippen LogP contribution is -2.21. The number of ketones is 2. The molecule has 236 valence electrons. The van der Waals surface area contributed by atoms with E-state index in [1.165, 1.54) is 16.7 Å². The molecule has 0 heterocycles. The molecule has 0 saturated carbocycles. The number of carbonyl (C=O) groups is 2. The van der Waals surface area contributed by atoms with Crippen LogP contribution in [0.5, 0.6) is 0 Å². The summed E-state index contributed by atoms with van der Waals surface area (Å²) >= 11 is 0. The molecule has 3 heteroatoms. The number of carbonyl (C=O) groups excluding carboxylic acids is 2. The van der Waals surface area contributed by atoms with Crippen LogP contribution in [0.25, 0.3) is 35.1 Å². The molecule has 0 fully saturated rings. The van der Waals surface area contributed by atoms with Crippen molar-refractivity contribution in [1.82, 2.24) is 0 Å². The van der Waals surface area contributed by atoms with E-state index >= 15 is 0 Å². The third kappa shape index (κ3) is 6.39. The summed E-state index contributed by atoms with van der Waals surface area (Å²) in [5.74, 6) is -0.524. The Kier molecular flexibility index (Phi) is 9.31. The van der Waals surface area contributed by atoms with Gasteiger partial charge in [-0.05, 0) is 110 Å². The zero-order valence-corrected chi connectivity index (χ0v) is 28.1. The van der Waals surface area contributed by atoms with Crippen LogP contribution in [-0.2, 0) is 5.41 Å². The Balaban J connectivity index is 1.54. The molecule has 5 rings (SSSR count). The van der Waals surface area contributed by atoms with Crippen LogP contribution in [0.1, 0.15) is 89.6 Å². The number of allylic oxidation sites excluding steroid dienone is 11. The molecule has 3 aromatic rings. The fourth-order valence-electron chi connectivity index (χ4n) is 6.23. The van der Waals surface area contributed by atoms with Gasteiger partial charge < -0.3 is 5.73 Å². The Morgan fingerprint density at radius 2 is 1.53 bits per heavy atom. The van der Waals surface area contributed by atoms with Crippen molar-refractivity contribution in [3.05, 3.63) is 166 Å². The van der Waals surface area contributed by atoms with Gasteiger partial charge in [-0.2, -0.15) is 0 Å². The van der Waals surface area contributed by atoms with E-state index in [4.69, 9.17) is 5.73 Å². The summed E-state index contributed by atoms with van der Waals surface area (Å²) in [6.45, 7) is 18.9. The lowest BCUT2D eigenvalue weighted by Gasteiger charge is -2.30. The highest BCUT2D eigenvalue weighted by Gasteiger charge is 2.34. The number of nitrogens with two attached hydrogens (primary N) is 1. The van der Waals surface area contributed by atoms with Crippen molar-refractivity contribution in [2.45, 2.75) is 46.5 Å². The topological polar surface area (TPSA) is 60.2 Å². The Labute approximate surface area is 279 Å². The molecule has 0 aliphatic heterocycles. The molecule has 47 heavy (non-hydrogen) atoms. The zero-order chi connectivity index (χ0) is 33.9. The van der Waals surface area contributed by atoms with Crippen molar-refractivity contribution >= 4 is 46.6 Å². The number of rotatable bonds is 8. The zero-order valence-electron chi connectivity index (χ0n) is 28.1. The van der Waals surface area contributed by atoms with Gasteiger partial charge in [-0.15, -0.1) is 0 Å². The second-order valence-electron chi connectivity index (χ2n) is 13.3. The molecule has 0 atom stereocenters. The first kappa shape index (κ1) is 33.1. The average molecular weight is 618 g/mol. The normalized spacial score (nSPS) is 18.4. The first-order valence-electron chi connectivity index (χ1n) is 16.1. The van der Waals surface area contributed by atoms with E-state index in [1.54, 1.807) is 36.6 Å². The van der Waals surface area contributed by atoms with Gasteiger partial charge in [0.15, 0.2) is 11.6 Å². The third-order valence-corrected chi connectivity index (χ3v) is 9.65. The van der Waals surface area contributed by atoms with Crippen LogP contribution in [0.4, 0.5) is 0 Å². The maximum Gasteiger partial charge on any atom is 0.197 e.